The fourth-order valence-corrected chi connectivity index (χ4v) is 2.43. The third-order valence-corrected chi connectivity index (χ3v) is 3.39. The molecule has 1 aromatic carbocycles. The topological polar surface area (TPSA) is 27.7 Å². The van der Waals surface area contributed by atoms with Crippen molar-refractivity contribution in [3.05, 3.63) is 35.4 Å². The maximum atomic E-state index is 5.87. The summed E-state index contributed by atoms with van der Waals surface area (Å²) in [6.45, 7) is 9.79. The minimum atomic E-state index is -0.220. The number of ether oxygens (including phenoxy) is 3. The number of methoxy groups -OCH3 is 1. The van der Waals surface area contributed by atoms with Crippen LogP contribution in [-0.2, 0) is 20.6 Å². The second-order valence-corrected chi connectivity index (χ2v) is 5.64. The average molecular weight is 294 g/mol. The zero-order valence-corrected chi connectivity index (χ0v) is 14.1. The molecule has 3 nitrogen and oxygen atoms in total. The van der Waals surface area contributed by atoms with Crippen molar-refractivity contribution in [3.63, 3.8) is 0 Å². The Bertz CT molecular complexity index is 373. The summed E-state index contributed by atoms with van der Waals surface area (Å²) in [6.07, 6.45) is 1.61. The Morgan fingerprint density at radius 1 is 0.952 bits per heavy atom. The average Bonchev–Trinajstić information content (AvgIpc) is 2.46. The van der Waals surface area contributed by atoms with Crippen LogP contribution >= 0.6 is 0 Å². The standard InChI is InChI=1S/C18H30O3/c1-6-20-17(13-18(19-5)21-7-2)16-10-8-15(9-11-16)12-14(3)4/h8-11,14,17-18H,6-7,12-13H2,1-5H3. The molecule has 0 saturated heterocycles. The van der Waals surface area contributed by atoms with E-state index in [0.29, 0.717) is 25.6 Å². The molecule has 0 fully saturated rings. The Kier molecular flexibility index (Phi) is 8.58. The van der Waals surface area contributed by atoms with Crippen LogP contribution < -0.4 is 0 Å². The lowest BCUT2D eigenvalue weighted by atomic mass is 9.99. The first-order chi connectivity index (χ1) is 10.1. The predicted octanol–water partition coefficient (Wildman–Crippen LogP) is 4.36. The Labute approximate surface area is 129 Å². The molecule has 0 aliphatic heterocycles. The van der Waals surface area contributed by atoms with Crippen molar-refractivity contribution < 1.29 is 14.2 Å². The summed E-state index contributed by atoms with van der Waals surface area (Å²) in [5, 5.41) is 0. The maximum Gasteiger partial charge on any atom is 0.159 e. The van der Waals surface area contributed by atoms with Crippen LogP contribution in [-0.4, -0.2) is 26.6 Å². The van der Waals surface area contributed by atoms with Gasteiger partial charge in [-0.3, -0.25) is 0 Å². The maximum absolute atomic E-state index is 5.87. The fraction of sp³-hybridized carbons (Fsp3) is 0.667. The molecule has 2 atom stereocenters. The largest absolute Gasteiger partial charge is 0.374 e. The molecular formula is C18H30O3. The van der Waals surface area contributed by atoms with Gasteiger partial charge in [0.05, 0.1) is 6.10 Å². The van der Waals surface area contributed by atoms with Gasteiger partial charge in [0, 0.05) is 26.7 Å². The Balaban J connectivity index is 2.74. The molecule has 0 saturated carbocycles. The molecule has 0 bridgehead atoms. The summed E-state index contributed by atoms with van der Waals surface area (Å²) in [7, 11) is 1.68. The number of benzene rings is 1. The van der Waals surface area contributed by atoms with E-state index < -0.39 is 0 Å². The highest BCUT2D eigenvalue weighted by Crippen LogP contribution is 2.25. The molecule has 0 aliphatic rings. The Morgan fingerprint density at radius 3 is 2.05 bits per heavy atom. The molecule has 3 heteroatoms. The summed E-state index contributed by atoms with van der Waals surface area (Å²) in [6, 6.07) is 8.72. The molecule has 0 aromatic heterocycles. The van der Waals surface area contributed by atoms with Gasteiger partial charge in [0.1, 0.15) is 0 Å². The van der Waals surface area contributed by atoms with E-state index in [-0.39, 0.29) is 12.4 Å². The summed E-state index contributed by atoms with van der Waals surface area (Å²) < 4.78 is 16.8. The zero-order valence-electron chi connectivity index (χ0n) is 14.1. The predicted molar refractivity (Wildman–Crippen MR) is 86.4 cm³/mol. The van der Waals surface area contributed by atoms with Crippen LogP contribution in [0.2, 0.25) is 0 Å². The van der Waals surface area contributed by atoms with Gasteiger partial charge in [0.15, 0.2) is 6.29 Å². The van der Waals surface area contributed by atoms with Crippen molar-refractivity contribution in [2.24, 2.45) is 5.92 Å². The van der Waals surface area contributed by atoms with Gasteiger partial charge in [-0.25, -0.2) is 0 Å². The minimum Gasteiger partial charge on any atom is -0.374 e. The van der Waals surface area contributed by atoms with E-state index in [2.05, 4.69) is 38.1 Å². The summed E-state index contributed by atoms with van der Waals surface area (Å²) in [5.74, 6) is 0.675. The molecule has 1 rings (SSSR count). The van der Waals surface area contributed by atoms with Gasteiger partial charge in [-0.05, 0) is 37.3 Å². The first-order valence-electron chi connectivity index (χ1n) is 7.95. The van der Waals surface area contributed by atoms with Gasteiger partial charge in [-0.2, -0.15) is 0 Å². The van der Waals surface area contributed by atoms with Crippen molar-refractivity contribution in [2.45, 2.75) is 52.9 Å². The third-order valence-electron chi connectivity index (χ3n) is 3.39. The molecular weight excluding hydrogens is 264 g/mol. The van der Waals surface area contributed by atoms with E-state index >= 15 is 0 Å². The van der Waals surface area contributed by atoms with Crippen molar-refractivity contribution in [1.29, 1.82) is 0 Å². The van der Waals surface area contributed by atoms with E-state index in [9.17, 15) is 0 Å². The molecule has 0 heterocycles. The van der Waals surface area contributed by atoms with E-state index in [4.69, 9.17) is 14.2 Å². The van der Waals surface area contributed by atoms with Gasteiger partial charge in [-0.1, -0.05) is 38.1 Å². The van der Waals surface area contributed by atoms with Crippen LogP contribution in [0.3, 0.4) is 0 Å². The van der Waals surface area contributed by atoms with Gasteiger partial charge in [0.2, 0.25) is 0 Å². The van der Waals surface area contributed by atoms with Crippen LogP contribution in [0.1, 0.15) is 51.3 Å². The third kappa shape index (κ3) is 6.60. The highest BCUT2D eigenvalue weighted by atomic mass is 16.7. The lowest BCUT2D eigenvalue weighted by molar-refractivity contribution is -0.144. The molecule has 0 spiro atoms. The van der Waals surface area contributed by atoms with Gasteiger partial charge in [-0.15, -0.1) is 0 Å². The minimum absolute atomic E-state index is 0.0135. The lowest BCUT2D eigenvalue weighted by Gasteiger charge is -2.23. The van der Waals surface area contributed by atoms with Crippen LogP contribution in [0.5, 0.6) is 0 Å². The molecule has 0 radical (unpaired) electrons. The van der Waals surface area contributed by atoms with Crippen LogP contribution in [0.15, 0.2) is 24.3 Å². The van der Waals surface area contributed by atoms with E-state index in [1.54, 1.807) is 7.11 Å². The van der Waals surface area contributed by atoms with Crippen molar-refractivity contribution >= 4 is 0 Å². The molecule has 120 valence electrons. The van der Waals surface area contributed by atoms with E-state index in [0.717, 1.165) is 6.42 Å². The van der Waals surface area contributed by atoms with Crippen molar-refractivity contribution in [3.8, 4) is 0 Å². The zero-order chi connectivity index (χ0) is 15.7. The smallest absolute Gasteiger partial charge is 0.159 e. The number of rotatable bonds is 10. The summed E-state index contributed by atoms with van der Waals surface area (Å²) in [4.78, 5) is 0. The molecule has 0 N–H and O–H groups in total. The van der Waals surface area contributed by atoms with Crippen LogP contribution in [0.25, 0.3) is 0 Å². The molecule has 0 amide bonds. The monoisotopic (exact) mass is 294 g/mol. The van der Waals surface area contributed by atoms with Crippen molar-refractivity contribution in [2.75, 3.05) is 20.3 Å². The second-order valence-electron chi connectivity index (χ2n) is 5.64. The lowest BCUT2D eigenvalue weighted by Crippen LogP contribution is -2.20. The van der Waals surface area contributed by atoms with Gasteiger partial charge < -0.3 is 14.2 Å². The highest BCUT2D eigenvalue weighted by molar-refractivity contribution is 5.24. The Morgan fingerprint density at radius 2 is 1.57 bits per heavy atom. The van der Waals surface area contributed by atoms with Crippen molar-refractivity contribution in [1.82, 2.24) is 0 Å². The van der Waals surface area contributed by atoms with E-state index in [1.165, 1.54) is 11.1 Å². The first kappa shape index (κ1) is 18.1. The molecule has 1 aromatic rings. The Hall–Kier alpha value is -0.900. The summed E-state index contributed by atoms with van der Waals surface area (Å²) >= 11 is 0. The fourth-order valence-electron chi connectivity index (χ4n) is 2.43. The first-order valence-corrected chi connectivity index (χ1v) is 7.95. The number of hydrogen-bond donors (Lipinski definition) is 0. The van der Waals surface area contributed by atoms with Crippen LogP contribution in [0, 0.1) is 5.92 Å². The number of hydrogen-bond acceptors (Lipinski definition) is 3. The second kappa shape index (κ2) is 9.93. The SMILES string of the molecule is CCOC(CC(OCC)c1ccc(CC(C)C)cc1)OC. The molecule has 21 heavy (non-hydrogen) atoms. The summed E-state index contributed by atoms with van der Waals surface area (Å²) in [5.41, 5.74) is 2.56. The van der Waals surface area contributed by atoms with Crippen LogP contribution in [0.4, 0.5) is 0 Å². The quantitative estimate of drug-likeness (QED) is 0.600. The van der Waals surface area contributed by atoms with E-state index in [1.807, 2.05) is 13.8 Å². The molecule has 2 unspecified atom stereocenters. The highest BCUT2D eigenvalue weighted by Gasteiger charge is 2.18. The van der Waals surface area contributed by atoms with Gasteiger partial charge >= 0.3 is 0 Å². The van der Waals surface area contributed by atoms with Gasteiger partial charge in [0.25, 0.3) is 0 Å². The normalized spacial score (nSPS) is 14.4. The molecule has 0 aliphatic carbocycles.